The second-order valence-electron chi connectivity index (χ2n) is 5.44. The van der Waals surface area contributed by atoms with Gasteiger partial charge in [0, 0.05) is 6.04 Å². The second kappa shape index (κ2) is 6.06. The van der Waals surface area contributed by atoms with Gasteiger partial charge in [-0.1, -0.05) is 13.0 Å². The molecule has 1 aromatic carbocycles. The summed E-state index contributed by atoms with van der Waals surface area (Å²) in [7, 11) is 0. The van der Waals surface area contributed by atoms with E-state index in [0.29, 0.717) is 5.56 Å². The number of aliphatic hydroxyl groups is 1. The van der Waals surface area contributed by atoms with Crippen molar-refractivity contribution in [3.05, 3.63) is 29.3 Å². The molecular weight excluding hydrogens is 242 g/mol. The Labute approximate surface area is 113 Å². The number of phenolic OH excluding ortho intramolecular Hbond substituents is 1. The largest absolute Gasteiger partial charge is 0.507 e. The lowest BCUT2D eigenvalue weighted by Crippen LogP contribution is -2.37. The van der Waals surface area contributed by atoms with Crippen LogP contribution in [0, 0.1) is 5.92 Å². The van der Waals surface area contributed by atoms with Gasteiger partial charge in [-0.05, 0) is 49.3 Å². The summed E-state index contributed by atoms with van der Waals surface area (Å²) in [6, 6.07) is 4.84. The van der Waals surface area contributed by atoms with Crippen LogP contribution in [0.2, 0.25) is 0 Å². The number of rotatable bonds is 3. The Bertz CT molecular complexity index is 451. The van der Waals surface area contributed by atoms with Crippen molar-refractivity contribution < 1.29 is 15.0 Å². The molecule has 1 amide bonds. The van der Waals surface area contributed by atoms with Crippen LogP contribution in [-0.2, 0) is 6.61 Å². The minimum Gasteiger partial charge on any atom is -0.507 e. The van der Waals surface area contributed by atoms with Crippen molar-refractivity contribution in [2.24, 2.45) is 5.92 Å². The summed E-state index contributed by atoms with van der Waals surface area (Å²) in [5.74, 6) is 0.431. The number of aromatic hydroxyl groups is 1. The van der Waals surface area contributed by atoms with Gasteiger partial charge in [-0.25, -0.2) is 0 Å². The van der Waals surface area contributed by atoms with Crippen LogP contribution < -0.4 is 5.32 Å². The van der Waals surface area contributed by atoms with Gasteiger partial charge < -0.3 is 15.5 Å². The van der Waals surface area contributed by atoms with E-state index in [1.165, 1.54) is 6.07 Å². The van der Waals surface area contributed by atoms with E-state index in [1.807, 2.05) is 0 Å². The minimum absolute atomic E-state index is 0.0757. The Morgan fingerprint density at radius 2 is 2.00 bits per heavy atom. The average Bonchev–Trinajstić information content (AvgIpc) is 2.41. The van der Waals surface area contributed by atoms with Crippen molar-refractivity contribution in [3.8, 4) is 5.75 Å². The topological polar surface area (TPSA) is 69.6 Å². The maximum absolute atomic E-state index is 12.1. The van der Waals surface area contributed by atoms with E-state index in [2.05, 4.69) is 12.2 Å². The van der Waals surface area contributed by atoms with E-state index >= 15 is 0 Å². The molecule has 1 aromatic rings. The first-order valence-electron chi connectivity index (χ1n) is 6.83. The van der Waals surface area contributed by atoms with Gasteiger partial charge in [0.05, 0.1) is 12.2 Å². The highest BCUT2D eigenvalue weighted by atomic mass is 16.3. The third-order valence-corrected chi connectivity index (χ3v) is 3.84. The van der Waals surface area contributed by atoms with Gasteiger partial charge in [-0.15, -0.1) is 0 Å². The van der Waals surface area contributed by atoms with Crippen molar-refractivity contribution in [3.63, 3.8) is 0 Å². The molecule has 1 fully saturated rings. The summed E-state index contributed by atoms with van der Waals surface area (Å²) in [6.07, 6.45) is 4.28. The molecular formula is C15H21NO3. The molecule has 4 nitrogen and oxygen atoms in total. The quantitative estimate of drug-likeness (QED) is 0.783. The zero-order valence-electron chi connectivity index (χ0n) is 11.2. The fourth-order valence-corrected chi connectivity index (χ4v) is 2.54. The Morgan fingerprint density at radius 3 is 2.58 bits per heavy atom. The molecule has 4 heteroatoms. The van der Waals surface area contributed by atoms with Crippen molar-refractivity contribution in [2.75, 3.05) is 0 Å². The summed E-state index contributed by atoms with van der Waals surface area (Å²) in [4.78, 5) is 12.1. The standard InChI is InChI=1S/C15H21NO3/c1-10-2-5-12(6-3-10)16-15(19)13-7-4-11(9-17)8-14(13)18/h4,7-8,10,12,17-18H,2-3,5-6,9H2,1H3,(H,16,19). The van der Waals surface area contributed by atoms with Crippen LogP contribution in [0.25, 0.3) is 0 Å². The Morgan fingerprint density at radius 1 is 1.32 bits per heavy atom. The van der Waals surface area contributed by atoms with Crippen LogP contribution in [-0.4, -0.2) is 22.2 Å². The molecule has 19 heavy (non-hydrogen) atoms. The van der Waals surface area contributed by atoms with Crippen LogP contribution in [0.15, 0.2) is 18.2 Å². The van der Waals surface area contributed by atoms with Crippen molar-refractivity contribution in [1.29, 1.82) is 0 Å². The summed E-state index contributed by atoms with van der Waals surface area (Å²) in [6.45, 7) is 2.09. The van der Waals surface area contributed by atoms with E-state index in [-0.39, 0.29) is 29.9 Å². The average molecular weight is 263 g/mol. The van der Waals surface area contributed by atoms with Gasteiger partial charge in [0.15, 0.2) is 0 Å². The number of phenols is 1. The highest BCUT2D eigenvalue weighted by Crippen LogP contribution is 2.24. The smallest absolute Gasteiger partial charge is 0.255 e. The molecule has 0 unspecified atom stereocenters. The van der Waals surface area contributed by atoms with Gasteiger partial charge in [-0.3, -0.25) is 4.79 Å². The number of carbonyl (C=O) groups excluding carboxylic acids is 1. The van der Waals surface area contributed by atoms with Crippen LogP contribution in [0.4, 0.5) is 0 Å². The molecule has 0 spiro atoms. The molecule has 0 atom stereocenters. The number of hydrogen-bond acceptors (Lipinski definition) is 3. The Balaban J connectivity index is 2.00. The van der Waals surface area contributed by atoms with Gasteiger partial charge in [0.1, 0.15) is 5.75 Å². The molecule has 1 aliphatic carbocycles. The number of nitrogens with one attached hydrogen (secondary N) is 1. The zero-order chi connectivity index (χ0) is 13.8. The van der Waals surface area contributed by atoms with Gasteiger partial charge in [-0.2, -0.15) is 0 Å². The van der Waals surface area contributed by atoms with E-state index in [4.69, 9.17) is 5.11 Å². The first kappa shape index (κ1) is 13.9. The Hall–Kier alpha value is -1.55. The van der Waals surface area contributed by atoms with Gasteiger partial charge >= 0.3 is 0 Å². The van der Waals surface area contributed by atoms with Crippen molar-refractivity contribution in [2.45, 2.75) is 45.3 Å². The lowest BCUT2D eigenvalue weighted by Gasteiger charge is -2.27. The number of aliphatic hydroxyl groups excluding tert-OH is 1. The molecule has 104 valence electrons. The SMILES string of the molecule is CC1CCC(NC(=O)c2ccc(CO)cc2O)CC1. The first-order valence-corrected chi connectivity index (χ1v) is 6.83. The molecule has 0 aromatic heterocycles. The zero-order valence-corrected chi connectivity index (χ0v) is 11.2. The molecule has 1 saturated carbocycles. The lowest BCUT2D eigenvalue weighted by atomic mass is 9.87. The number of amides is 1. The van der Waals surface area contributed by atoms with Crippen molar-refractivity contribution in [1.82, 2.24) is 5.32 Å². The maximum atomic E-state index is 12.1. The highest BCUT2D eigenvalue weighted by Gasteiger charge is 2.21. The van der Waals surface area contributed by atoms with Gasteiger partial charge in [0.25, 0.3) is 5.91 Å². The van der Waals surface area contributed by atoms with Gasteiger partial charge in [0.2, 0.25) is 0 Å². The van der Waals surface area contributed by atoms with Crippen molar-refractivity contribution >= 4 is 5.91 Å². The molecule has 0 bridgehead atoms. The predicted octanol–water partition coefficient (Wildman–Crippen LogP) is 2.19. The number of carbonyl (C=O) groups is 1. The molecule has 2 rings (SSSR count). The normalized spacial score (nSPS) is 23.1. The predicted molar refractivity (Wildman–Crippen MR) is 72.9 cm³/mol. The monoisotopic (exact) mass is 263 g/mol. The minimum atomic E-state index is -0.235. The van der Waals surface area contributed by atoms with E-state index in [0.717, 1.165) is 31.6 Å². The second-order valence-corrected chi connectivity index (χ2v) is 5.44. The van der Waals surface area contributed by atoms with Crippen LogP contribution in [0.3, 0.4) is 0 Å². The summed E-state index contributed by atoms with van der Waals surface area (Å²) < 4.78 is 0. The van der Waals surface area contributed by atoms with Crippen LogP contribution >= 0.6 is 0 Å². The summed E-state index contributed by atoms with van der Waals surface area (Å²) in [5, 5.41) is 21.7. The highest BCUT2D eigenvalue weighted by molar-refractivity contribution is 5.97. The molecule has 1 aliphatic rings. The number of hydrogen-bond donors (Lipinski definition) is 3. The number of benzene rings is 1. The summed E-state index contributed by atoms with van der Waals surface area (Å²) >= 11 is 0. The van der Waals surface area contributed by atoms with E-state index < -0.39 is 0 Å². The van der Waals surface area contributed by atoms with E-state index in [9.17, 15) is 9.90 Å². The van der Waals surface area contributed by atoms with E-state index in [1.54, 1.807) is 12.1 Å². The molecule has 0 heterocycles. The molecule has 0 radical (unpaired) electrons. The molecule has 0 saturated heterocycles. The molecule has 3 N–H and O–H groups in total. The fourth-order valence-electron chi connectivity index (χ4n) is 2.54. The summed E-state index contributed by atoms with van der Waals surface area (Å²) in [5.41, 5.74) is 0.872. The maximum Gasteiger partial charge on any atom is 0.255 e. The first-order chi connectivity index (χ1) is 9.10. The lowest BCUT2D eigenvalue weighted by molar-refractivity contribution is 0.0920. The Kier molecular flexibility index (Phi) is 4.43. The molecule has 0 aliphatic heterocycles. The fraction of sp³-hybridized carbons (Fsp3) is 0.533. The third-order valence-electron chi connectivity index (χ3n) is 3.84. The van der Waals surface area contributed by atoms with Crippen LogP contribution in [0.1, 0.15) is 48.5 Å². The van der Waals surface area contributed by atoms with Crippen LogP contribution in [0.5, 0.6) is 5.75 Å². The third kappa shape index (κ3) is 3.47.